The van der Waals surface area contributed by atoms with E-state index >= 15 is 0 Å². The van der Waals surface area contributed by atoms with Gasteiger partial charge in [-0.25, -0.2) is 17.9 Å². The standard InChI is InChI=1S/C25H25FN4O3S/c1-15-12-16(2)22(34(3,32)30-8-10-33-11-9-30)14-21(15)29-24-18-6-7-27-25(31)23(18)19-13-17(26)4-5-20(19)28-24/h4-7,12-14H,3,8-11H2,1-2H3,(H,27,31)(H,28,29). The highest BCUT2D eigenvalue weighted by atomic mass is 32.2. The van der Waals surface area contributed by atoms with Crippen LogP contribution in [0.1, 0.15) is 11.1 Å². The molecule has 2 N–H and O–H groups in total. The van der Waals surface area contributed by atoms with Crippen molar-refractivity contribution in [2.45, 2.75) is 18.7 Å². The van der Waals surface area contributed by atoms with E-state index in [0.717, 1.165) is 11.1 Å². The Morgan fingerprint density at radius 2 is 1.88 bits per heavy atom. The Labute approximate surface area is 196 Å². The first-order valence-corrected chi connectivity index (χ1v) is 12.6. The van der Waals surface area contributed by atoms with Gasteiger partial charge in [-0.2, -0.15) is 0 Å². The molecule has 0 aliphatic carbocycles. The molecule has 176 valence electrons. The Kier molecular flexibility index (Phi) is 5.63. The van der Waals surface area contributed by atoms with Gasteiger partial charge in [0.25, 0.3) is 5.56 Å². The van der Waals surface area contributed by atoms with E-state index in [4.69, 9.17) is 4.74 Å². The van der Waals surface area contributed by atoms with E-state index in [1.165, 1.54) is 18.3 Å². The molecular weight excluding hydrogens is 455 g/mol. The number of aromatic amines is 1. The molecule has 1 unspecified atom stereocenters. The van der Waals surface area contributed by atoms with Gasteiger partial charge in [-0.3, -0.25) is 4.79 Å². The lowest BCUT2D eigenvalue weighted by Crippen LogP contribution is -2.40. The van der Waals surface area contributed by atoms with E-state index in [1.54, 1.807) is 12.1 Å². The van der Waals surface area contributed by atoms with Crippen LogP contribution in [0.2, 0.25) is 0 Å². The van der Waals surface area contributed by atoms with Gasteiger partial charge < -0.3 is 15.0 Å². The van der Waals surface area contributed by atoms with E-state index in [2.05, 4.69) is 21.2 Å². The van der Waals surface area contributed by atoms with Crippen molar-refractivity contribution in [1.29, 1.82) is 0 Å². The summed E-state index contributed by atoms with van der Waals surface area (Å²) in [5.41, 5.74) is 2.69. The molecule has 5 rings (SSSR count). The molecule has 3 heterocycles. The van der Waals surface area contributed by atoms with Crippen LogP contribution in [0.15, 0.2) is 52.3 Å². The van der Waals surface area contributed by atoms with Crippen LogP contribution >= 0.6 is 0 Å². The topological polar surface area (TPSA) is 87.3 Å². The molecule has 9 heteroatoms. The maximum absolute atomic E-state index is 13.9. The summed E-state index contributed by atoms with van der Waals surface area (Å²) in [6.07, 6.45) is 1.54. The molecule has 0 amide bonds. The molecule has 7 nitrogen and oxygen atoms in total. The molecule has 1 atom stereocenters. The second-order valence-corrected chi connectivity index (χ2v) is 10.7. The summed E-state index contributed by atoms with van der Waals surface area (Å²) in [7, 11) is -2.72. The fourth-order valence-corrected chi connectivity index (χ4v) is 6.33. The van der Waals surface area contributed by atoms with Gasteiger partial charge in [0.15, 0.2) is 0 Å². The second-order valence-electron chi connectivity index (χ2n) is 8.46. The number of pyridine rings is 2. The van der Waals surface area contributed by atoms with Crippen molar-refractivity contribution < 1.29 is 13.3 Å². The number of fused-ring (bicyclic) bond motifs is 3. The van der Waals surface area contributed by atoms with Crippen LogP contribution < -0.4 is 10.9 Å². The van der Waals surface area contributed by atoms with Gasteiger partial charge in [0.2, 0.25) is 0 Å². The van der Waals surface area contributed by atoms with Gasteiger partial charge in [-0.15, -0.1) is 0 Å². The Balaban J connectivity index is 1.66. The Hall–Kier alpha value is -3.27. The van der Waals surface area contributed by atoms with Crippen molar-refractivity contribution >= 4 is 48.8 Å². The predicted octanol–water partition coefficient (Wildman–Crippen LogP) is 3.90. The number of halogens is 1. The number of nitrogens with zero attached hydrogens (tertiary/aromatic N) is 2. The highest BCUT2D eigenvalue weighted by Gasteiger charge is 2.24. The molecule has 1 saturated heterocycles. The summed E-state index contributed by atoms with van der Waals surface area (Å²) in [6.45, 7) is 6.01. The average molecular weight is 481 g/mol. The number of hydrogen-bond acceptors (Lipinski definition) is 5. The first-order valence-electron chi connectivity index (χ1n) is 10.9. The van der Waals surface area contributed by atoms with Crippen molar-refractivity contribution in [3.63, 3.8) is 0 Å². The predicted molar refractivity (Wildman–Crippen MR) is 135 cm³/mol. The number of anilines is 2. The molecule has 2 aromatic heterocycles. The first kappa shape index (κ1) is 22.5. The third-order valence-electron chi connectivity index (χ3n) is 6.18. The van der Waals surface area contributed by atoms with Crippen LogP contribution in [-0.2, 0) is 14.4 Å². The van der Waals surface area contributed by atoms with E-state index in [0.29, 0.717) is 64.4 Å². The number of H-pyrrole nitrogens is 1. The van der Waals surface area contributed by atoms with Crippen molar-refractivity contribution in [2.24, 2.45) is 0 Å². The highest BCUT2D eigenvalue weighted by molar-refractivity contribution is 7.98. The minimum absolute atomic E-state index is 0.326. The first-order chi connectivity index (χ1) is 16.3. The van der Waals surface area contributed by atoms with Crippen LogP contribution in [0.5, 0.6) is 0 Å². The summed E-state index contributed by atoms with van der Waals surface area (Å²) in [5, 5.41) is 4.70. The number of aryl methyl sites for hydroxylation is 2. The number of ether oxygens (including phenoxy) is 1. The Bertz CT molecular complexity index is 1590. The van der Waals surface area contributed by atoms with Crippen LogP contribution in [0.25, 0.3) is 21.7 Å². The zero-order chi connectivity index (χ0) is 24.0. The molecule has 0 bridgehead atoms. The van der Waals surface area contributed by atoms with Crippen LogP contribution in [0.3, 0.4) is 0 Å². The summed E-state index contributed by atoms with van der Waals surface area (Å²) in [6, 6.07) is 9.74. The van der Waals surface area contributed by atoms with Crippen molar-refractivity contribution in [3.05, 3.63) is 69.9 Å². The maximum Gasteiger partial charge on any atom is 0.256 e. The Morgan fingerprint density at radius 3 is 2.65 bits per heavy atom. The van der Waals surface area contributed by atoms with Crippen LogP contribution in [0, 0.1) is 19.7 Å². The summed E-state index contributed by atoms with van der Waals surface area (Å²) >= 11 is 0. The van der Waals surface area contributed by atoms with Gasteiger partial charge in [-0.1, -0.05) is 6.07 Å². The Morgan fingerprint density at radius 1 is 1.12 bits per heavy atom. The molecular formula is C25H25FN4O3S. The molecule has 1 aliphatic heterocycles. The van der Waals surface area contributed by atoms with E-state index in [-0.39, 0.29) is 5.56 Å². The number of nitrogens with one attached hydrogen (secondary N) is 2. The number of benzene rings is 2. The van der Waals surface area contributed by atoms with Gasteiger partial charge in [0.05, 0.1) is 33.8 Å². The summed E-state index contributed by atoms with van der Waals surface area (Å²) in [4.78, 5) is 20.7. The number of rotatable bonds is 4. The zero-order valence-corrected chi connectivity index (χ0v) is 19.8. The fraction of sp³-hybridized carbons (Fsp3) is 0.240. The highest BCUT2D eigenvalue weighted by Crippen LogP contribution is 2.33. The van der Waals surface area contributed by atoms with Crippen molar-refractivity contribution in [2.75, 3.05) is 31.6 Å². The third kappa shape index (κ3) is 3.85. The minimum atomic E-state index is -2.72. The zero-order valence-electron chi connectivity index (χ0n) is 19.0. The van der Waals surface area contributed by atoms with Gasteiger partial charge >= 0.3 is 0 Å². The molecule has 0 spiro atoms. The quantitative estimate of drug-likeness (QED) is 0.342. The van der Waals surface area contributed by atoms with Crippen LogP contribution in [-0.4, -0.2) is 50.7 Å². The average Bonchev–Trinajstić information content (AvgIpc) is 2.81. The van der Waals surface area contributed by atoms with E-state index < -0.39 is 15.5 Å². The maximum atomic E-state index is 13.9. The lowest BCUT2D eigenvalue weighted by molar-refractivity contribution is 0.0749. The lowest BCUT2D eigenvalue weighted by atomic mass is 10.1. The monoisotopic (exact) mass is 480 g/mol. The minimum Gasteiger partial charge on any atom is -0.379 e. The molecule has 1 aliphatic rings. The largest absolute Gasteiger partial charge is 0.379 e. The fourth-order valence-electron chi connectivity index (χ4n) is 4.44. The SMILES string of the molecule is C=S(=O)(c1cc(Nc2nc3ccc(F)cc3c3c(=O)[nH]ccc23)c(C)cc1C)N1CCOCC1. The normalized spacial score (nSPS) is 16.6. The smallest absolute Gasteiger partial charge is 0.256 e. The molecule has 2 aromatic carbocycles. The molecule has 1 fully saturated rings. The molecule has 0 radical (unpaired) electrons. The molecule has 0 saturated carbocycles. The van der Waals surface area contributed by atoms with Gasteiger partial charge in [-0.05, 0) is 61.2 Å². The molecule has 4 aromatic rings. The van der Waals surface area contributed by atoms with E-state index in [9.17, 15) is 13.4 Å². The van der Waals surface area contributed by atoms with Crippen molar-refractivity contribution in [1.82, 2.24) is 14.3 Å². The second kappa shape index (κ2) is 8.50. The number of aromatic nitrogens is 2. The van der Waals surface area contributed by atoms with Crippen LogP contribution in [0.4, 0.5) is 15.9 Å². The molecule has 34 heavy (non-hydrogen) atoms. The number of hydrogen-bond donors (Lipinski definition) is 2. The van der Waals surface area contributed by atoms with E-state index in [1.807, 2.05) is 30.3 Å². The number of morpholine rings is 1. The third-order valence-corrected chi connectivity index (χ3v) is 8.51. The van der Waals surface area contributed by atoms with Crippen molar-refractivity contribution in [3.8, 4) is 0 Å². The van der Waals surface area contributed by atoms with Gasteiger partial charge in [0, 0.05) is 40.6 Å². The summed E-state index contributed by atoms with van der Waals surface area (Å²) in [5.74, 6) is 4.11. The summed E-state index contributed by atoms with van der Waals surface area (Å²) < 4.78 is 35.0. The van der Waals surface area contributed by atoms with Gasteiger partial charge in [0.1, 0.15) is 11.6 Å². The lowest BCUT2D eigenvalue weighted by Gasteiger charge is -2.31.